The molecule has 0 spiro atoms. The van der Waals surface area contributed by atoms with Gasteiger partial charge in [-0.05, 0) is 36.6 Å². The van der Waals surface area contributed by atoms with Crippen molar-refractivity contribution < 1.29 is 13.2 Å². The summed E-state index contributed by atoms with van der Waals surface area (Å²) < 4.78 is 26.6. The first-order valence-corrected chi connectivity index (χ1v) is 8.93. The molecule has 0 saturated carbocycles. The molecule has 0 fully saturated rings. The summed E-state index contributed by atoms with van der Waals surface area (Å²) in [6.07, 6.45) is 0.951. The zero-order valence-electron chi connectivity index (χ0n) is 13.6. The number of carbonyl (C=O) groups excluding carboxylic acids is 1. The van der Waals surface area contributed by atoms with E-state index in [0.717, 1.165) is 12.0 Å². The lowest BCUT2D eigenvalue weighted by atomic mass is 10.1. The van der Waals surface area contributed by atoms with Gasteiger partial charge in [0.1, 0.15) is 0 Å². The molecule has 23 heavy (non-hydrogen) atoms. The second kappa shape index (κ2) is 7.06. The molecule has 122 valence electrons. The van der Waals surface area contributed by atoms with Crippen LogP contribution < -0.4 is 0 Å². The van der Waals surface area contributed by atoms with E-state index in [1.807, 2.05) is 24.3 Å². The minimum Gasteiger partial charge on any atom is -0.295 e. The van der Waals surface area contributed by atoms with Gasteiger partial charge < -0.3 is 0 Å². The average molecular weight is 331 g/mol. The van der Waals surface area contributed by atoms with E-state index in [2.05, 4.69) is 6.92 Å². The molecule has 0 aliphatic carbocycles. The Morgan fingerprint density at radius 2 is 1.65 bits per heavy atom. The van der Waals surface area contributed by atoms with E-state index in [4.69, 9.17) is 0 Å². The van der Waals surface area contributed by atoms with E-state index in [0.29, 0.717) is 5.56 Å². The highest BCUT2D eigenvalue weighted by Gasteiger charge is 2.21. The van der Waals surface area contributed by atoms with Crippen LogP contribution in [0.3, 0.4) is 0 Å². The van der Waals surface area contributed by atoms with Crippen LogP contribution in [0.2, 0.25) is 0 Å². The average Bonchev–Trinajstić information content (AvgIpc) is 2.55. The Labute approximate surface area is 137 Å². The molecule has 5 heteroatoms. The lowest BCUT2D eigenvalue weighted by Gasteiger charge is -2.18. The smallest absolute Gasteiger partial charge is 0.243 e. The molecule has 2 aromatic rings. The van der Waals surface area contributed by atoms with Gasteiger partial charge in [-0.2, -0.15) is 4.31 Å². The SMILES string of the molecule is CCc1ccc(CN(C)S(=O)(=O)c2cccc(C(C)=O)c2)cc1. The van der Waals surface area contributed by atoms with Crippen molar-refractivity contribution in [3.8, 4) is 0 Å². The van der Waals surface area contributed by atoms with Crippen molar-refractivity contribution in [3.05, 3.63) is 65.2 Å². The first kappa shape index (κ1) is 17.4. The first-order chi connectivity index (χ1) is 10.8. The van der Waals surface area contributed by atoms with Gasteiger partial charge in [0.05, 0.1) is 4.90 Å². The molecular weight excluding hydrogens is 310 g/mol. The van der Waals surface area contributed by atoms with Crippen molar-refractivity contribution in [1.29, 1.82) is 0 Å². The molecule has 2 aromatic carbocycles. The molecule has 0 N–H and O–H groups in total. The Hall–Kier alpha value is -1.98. The van der Waals surface area contributed by atoms with Crippen LogP contribution in [0.25, 0.3) is 0 Å². The molecule has 0 saturated heterocycles. The third-order valence-corrected chi connectivity index (χ3v) is 5.58. The fourth-order valence-electron chi connectivity index (χ4n) is 2.28. The predicted octanol–water partition coefficient (Wildman–Crippen LogP) is 3.27. The first-order valence-electron chi connectivity index (χ1n) is 7.49. The highest BCUT2D eigenvalue weighted by atomic mass is 32.2. The largest absolute Gasteiger partial charge is 0.295 e. The minimum absolute atomic E-state index is 0.137. The van der Waals surface area contributed by atoms with E-state index in [1.165, 1.54) is 28.9 Å². The van der Waals surface area contributed by atoms with E-state index >= 15 is 0 Å². The van der Waals surface area contributed by atoms with Crippen LogP contribution in [0, 0.1) is 0 Å². The van der Waals surface area contributed by atoms with Crippen LogP contribution in [-0.2, 0) is 23.0 Å². The number of benzene rings is 2. The van der Waals surface area contributed by atoms with Crippen LogP contribution in [0.15, 0.2) is 53.4 Å². The molecular formula is C18H21NO3S. The van der Waals surface area contributed by atoms with Gasteiger partial charge in [0.25, 0.3) is 0 Å². The third-order valence-electron chi connectivity index (χ3n) is 3.79. The van der Waals surface area contributed by atoms with Crippen LogP contribution >= 0.6 is 0 Å². The van der Waals surface area contributed by atoms with E-state index < -0.39 is 10.0 Å². The summed E-state index contributed by atoms with van der Waals surface area (Å²) in [5.74, 6) is -0.153. The fourth-order valence-corrected chi connectivity index (χ4v) is 3.48. The lowest BCUT2D eigenvalue weighted by Crippen LogP contribution is -2.26. The maximum atomic E-state index is 12.6. The number of hydrogen-bond donors (Lipinski definition) is 0. The van der Waals surface area contributed by atoms with Gasteiger partial charge in [-0.3, -0.25) is 4.79 Å². The number of aryl methyl sites for hydroxylation is 1. The monoisotopic (exact) mass is 331 g/mol. The van der Waals surface area contributed by atoms with E-state index in [9.17, 15) is 13.2 Å². The molecule has 0 aliphatic heterocycles. The number of hydrogen-bond acceptors (Lipinski definition) is 3. The van der Waals surface area contributed by atoms with Crippen LogP contribution in [-0.4, -0.2) is 25.6 Å². The van der Waals surface area contributed by atoms with Crippen LogP contribution in [0.5, 0.6) is 0 Å². The van der Waals surface area contributed by atoms with E-state index in [1.54, 1.807) is 19.2 Å². The van der Waals surface area contributed by atoms with Gasteiger partial charge in [-0.25, -0.2) is 8.42 Å². The summed E-state index contributed by atoms with van der Waals surface area (Å²) in [6, 6.07) is 14.0. The van der Waals surface area contributed by atoms with Gasteiger partial charge in [-0.1, -0.05) is 43.3 Å². The summed E-state index contributed by atoms with van der Waals surface area (Å²) in [5.41, 5.74) is 2.54. The summed E-state index contributed by atoms with van der Waals surface area (Å²) >= 11 is 0. The van der Waals surface area contributed by atoms with Crippen LogP contribution in [0.1, 0.15) is 35.3 Å². The predicted molar refractivity (Wildman–Crippen MR) is 90.9 cm³/mol. The molecule has 4 nitrogen and oxygen atoms in total. The molecule has 0 unspecified atom stereocenters. The van der Waals surface area contributed by atoms with Crippen molar-refractivity contribution >= 4 is 15.8 Å². The zero-order chi connectivity index (χ0) is 17.0. The van der Waals surface area contributed by atoms with Crippen molar-refractivity contribution in [3.63, 3.8) is 0 Å². The van der Waals surface area contributed by atoms with Gasteiger partial charge in [-0.15, -0.1) is 0 Å². The molecule has 0 aromatic heterocycles. The number of sulfonamides is 1. The van der Waals surface area contributed by atoms with Gasteiger partial charge in [0, 0.05) is 19.2 Å². The molecule has 2 rings (SSSR count). The second-order valence-corrected chi connectivity index (χ2v) is 7.56. The van der Waals surface area contributed by atoms with E-state index in [-0.39, 0.29) is 17.2 Å². The normalized spacial score (nSPS) is 11.7. The topological polar surface area (TPSA) is 54.5 Å². The number of ketones is 1. The Balaban J connectivity index is 2.24. The summed E-state index contributed by atoms with van der Waals surface area (Å²) in [5, 5.41) is 0. The fraction of sp³-hybridized carbons (Fsp3) is 0.278. The van der Waals surface area contributed by atoms with Crippen LogP contribution in [0.4, 0.5) is 0 Å². The Kier molecular flexibility index (Phi) is 5.34. The molecule has 0 atom stereocenters. The Morgan fingerprint density at radius 3 is 2.22 bits per heavy atom. The summed E-state index contributed by atoms with van der Waals surface area (Å²) in [6.45, 7) is 3.79. The maximum absolute atomic E-state index is 12.6. The molecule has 0 bridgehead atoms. The minimum atomic E-state index is -3.63. The van der Waals surface area contributed by atoms with Crippen molar-refractivity contribution in [2.45, 2.75) is 31.7 Å². The third kappa shape index (κ3) is 4.06. The number of nitrogens with zero attached hydrogens (tertiary/aromatic N) is 1. The Bertz CT molecular complexity index is 795. The highest BCUT2D eigenvalue weighted by Crippen LogP contribution is 2.18. The van der Waals surface area contributed by atoms with Gasteiger partial charge in [0.15, 0.2) is 5.78 Å². The molecule has 0 heterocycles. The summed E-state index contributed by atoms with van der Waals surface area (Å²) in [4.78, 5) is 11.6. The summed E-state index contributed by atoms with van der Waals surface area (Å²) in [7, 11) is -2.08. The van der Waals surface area contributed by atoms with Crippen molar-refractivity contribution in [2.24, 2.45) is 0 Å². The van der Waals surface area contributed by atoms with Crippen molar-refractivity contribution in [1.82, 2.24) is 4.31 Å². The second-order valence-electron chi connectivity index (χ2n) is 5.52. The highest BCUT2D eigenvalue weighted by molar-refractivity contribution is 7.89. The van der Waals surface area contributed by atoms with Gasteiger partial charge >= 0.3 is 0 Å². The quantitative estimate of drug-likeness (QED) is 0.763. The molecule has 0 aliphatic rings. The lowest BCUT2D eigenvalue weighted by molar-refractivity contribution is 0.101. The number of Topliss-reactive ketones (excluding diaryl/α,β-unsaturated/α-hetero) is 1. The van der Waals surface area contributed by atoms with Crippen molar-refractivity contribution in [2.75, 3.05) is 7.05 Å². The maximum Gasteiger partial charge on any atom is 0.243 e. The molecule has 0 amide bonds. The number of carbonyl (C=O) groups is 1. The molecule has 0 radical (unpaired) electrons. The standard InChI is InChI=1S/C18H21NO3S/c1-4-15-8-10-16(11-9-15)13-19(3)23(21,22)18-7-5-6-17(12-18)14(2)20/h5-12H,4,13H2,1-3H3. The Morgan fingerprint density at radius 1 is 1.04 bits per heavy atom. The number of rotatable bonds is 6. The van der Waals surface area contributed by atoms with Gasteiger partial charge in [0.2, 0.25) is 10.0 Å². The zero-order valence-corrected chi connectivity index (χ0v) is 14.4.